The summed E-state index contributed by atoms with van der Waals surface area (Å²) in [7, 11) is 0. The maximum Gasteiger partial charge on any atom is 0.143 e. The summed E-state index contributed by atoms with van der Waals surface area (Å²) in [5, 5.41) is 6.68. The summed E-state index contributed by atoms with van der Waals surface area (Å²) >= 11 is 0. The number of aromatic nitrogens is 2. The van der Waals surface area contributed by atoms with Crippen LogP contribution in [0, 0.1) is 0 Å². The van der Waals surface area contributed by atoms with Gasteiger partial charge in [-0.25, -0.2) is 4.98 Å². The Balaban J connectivity index is 1.32. The standard InChI is InChI=1S/C39H22N2O2/c1-4-14-31-25(9-1)30-22-41(33-15-8-18-36-37(33)28-11-3-6-17-35(28)42-36)32-20-19-23(21-29(32)38(30)40-31)24-12-7-13-27-26-10-2-5-16-34(26)43-39(24)27/h1-22H. The summed E-state index contributed by atoms with van der Waals surface area (Å²) in [5.41, 5.74) is 11.0. The summed E-state index contributed by atoms with van der Waals surface area (Å²) in [5.74, 6) is 0. The van der Waals surface area contributed by atoms with Crippen molar-refractivity contribution in [3.63, 3.8) is 0 Å². The van der Waals surface area contributed by atoms with Crippen molar-refractivity contribution >= 4 is 65.7 Å². The van der Waals surface area contributed by atoms with E-state index in [1.165, 1.54) is 0 Å². The first-order valence-electron chi connectivity index (χ1n) is 14.5. The maximum atomic E-state index is 6.43. The van der Waals surface area contributed by atoms with Gasteiger partial charge in [-0.15, -0.1) is 0 Å². The fraction of sp³-hybridized carbons (Fsp3) is 0. The van der Waals surface area contributed by atoms with Gasteiger partial charge in [-0.2, -0.15) is 0 Å². The molecule has 43 heavy (non-hydrogen) atoms. The van der Waals surface area contributed by atoms with Crippen molar-refractivity contribution in [3.05, 3.63) is 134 Å². The van der Waals surface area contributed by atoms with Crippen LogP contribution in [0.5, 0.6) is 0 Å². The molecule has 0 spiro atoms. The number of hydrogen-bond donors (Lipinski definition) is 0. The van der Waals surface area contributed by atoms with Crippen LogP contribution in [0.2, 0.25) is 0 Å². The average Bonchev–Trinajstić information content (AvgIpc) is 3.75. The first-order valence-corrected chi connectivity index (χ1v) is 14.5. The molecule has 2 aromatic heterocycles. The minimum absolute atomic E-state index is 0.873. The molecule has 0 atom stereocenters. The van der Waals surface area contributed by atoms with E-state index in [1.54, 1.807) is 0 Å². The van der Waals surface area contributed by atoms with Crippen molar-refractivity contribution < 1.29 is 8.83 Å². The average molecular weight is 551 g/mol. The molecule has 4 heteroatoms. The van der Waals surface area contributed by atoms with E-state index in [0.717, 1.165) is 93.8 Å². The van der Waals surface area contributed by atoms with Crippen LogP contribution in [-0.4, -0.2) is 9.55 Å². The first-order chi connectivity index (χ1) is 21.3. The number of benzene rings is 6. The molecule has 200 valence electrons. The van der Waals surface area contributed by atoms with Gasteiger partial charge in [0.1, 0.15) is 22.3 Å². The van der Waals surface area contributed by atoms with Crippen LogP contribution >= 0.6 is 0 Å². The van der Waals surface area contributed by atoms with E-state index < -0.39 is 0 Å². The van der Waals surface area contributed by atoms with Crippen LogP contribution in [-0.2, 0) is 0 Å². The summed E-state index contributed by atoms with van der Waals surface area (Å²) in [6, 6.07) is 44.3. The number of nitrogens with zero attached hydrogens (tertiary/aromatic N) is 2. The third-order valence-corrected chi connectivity index (χ3v) is 8.81. The van der Waals surface area contributed by atoms with Gasteiger partial charge in [0.2, 0.25) is 0 Å². The second-order valence-electron chi connectivity index (χ2n) is 11.2. The van der Waals surface area contributed by atoms with Crippen molar-refractivity contribution in [2.24, 2.45) is 0 Å². The van der Waals surface area contributed by atoms with Crippen LogP contribution in [0.1, 0.15) is 0 Å². The van der Waals surface area contributed by atoms with Crippen LogP contribution in [0.25, 0.3) is 93.8 Å². The Labute approximate surface area is 245 Å². The van der Waals surface area contributed by atoms with Gasteiger partial charge in [-0.3, -0.25) is 0 Å². The number of para-hydroxylation sites is 4. The van der Waals surface area contributed by atoms with Crippen LogP contribution in [0.15, 0.2) is 142 Å². The van der Waals surface area contributed by atoms with E-state index in [-0.39, 0.29) is 0 Å². The molecule has 4 nitrogen and oxygen atoms in total. The minimum atomic E-state index is 0.873. The lowest BCUT2D eigenvalue weighted by molar-refractivity contribution is 0.668. The number of pyridine rings is 1. The van der Waals surface area contributed by atoms with Gasteiger partial charge >= 0.3 is 0 Å². The summed E-state index contributed by atoms with van der Waals surface area (Å²) in [4.78, 5) is 5.16. The van der Waals surface area contributed by atoms with Crippen molar-refractivity contribution in [3.8, 4) is 28.1 Å². The van der Waals surface area contributed by atoms with Gasteiger partial charge in [-0.05, 0) is 48.0 Å². The van der Waals surface area contributed by atoms with Gasteiger partial charge < -0.3 is 13.4 Å². The first kappa shape index (κ1) is 22.8. The Bertz CT molecular complexity index is 2690. The zero-order valence-electron chi connectivity index (χ0n) is 22.9. The van der Waals surface area contributed by atoms with E-state index in [9.17, 15) is 0 Å². The molecule has 0 saturated heterocycles. The lowest BCUT2D eigenvalue weighted by atomic mass is 9.97. The Hall–Kier alpha value is -5.87. The number of rotatable bonds is 2. The molecule has 4 heterocycles. The molecule has 2 aliphatic rings. The maximum absolute atomic E-state index is 6.43. The molecule has 0 radical (unpaired) electrons. The smallest absolute Gasteiger partial charge is 0.143 e. The summed E-state index contributed by atoms with van der Waals surface area (Å²) in [6.45, 7) is 0. The summed E-state index contributed by atoms with van der Waals surface area (Å²) in [6.07, 6.45) is 2.24. The molecule has 2 aliphatic heterocycles. The second kappa shape index (κ2) is 8.34. The highest BCUT2D eigenvalue weighted by Gasteiger charge is 2.21. The Kier molecular flexibility index (Phi) is 4.42. The lowest BCUT2D eigenvalue weighted by Gasteiger charge is -2.17. The largest absolute Gasteiger partial charge is 0.456 e. The third-order valence-electron chi connectivity index (χ3n) is 8.81. The monoisotopic (exact) mass is 550 g/mol. The molecule has 0 aliphatic carbocycles. The molecule has 0 fully saturated rings. The van der Waals surface area contributed by atoms with Crippen LogP contribution in [0.4, 0.5) is 0 Å². The molecule has 6 aromatic carbocycles. The highest BCUT2D eigenvalue weighted by molar-refractivity contribution is 6.13. The number of furan rings is 2. The zero-order chi connectivity index (χ0) is 28.1. The Morgan fingerprint density at radius 2 is 1.23 bits per heavy atom. The Morgan fingerprint density at radius 3 is 2.14 bits per heavy atom. The van der Waals surface area contributed by atoms with E-state index in [2.05, 4.69) is 108 Å². The molecular formula is C39H22N2O2. The van der Waals surface area contributed by atoms with Crippen molar-refractivity contribution in [1.82, 2.24) is 9.55 Å². The fourth-order valence-electron chi connectivity index (χ4n) is 6.88. The van der Waals surface area contributed by atoms with Crippen LogP contribution < -0.4 is 0 Å². The SMILES string of the molecule is c1ccc2c3cn(-c4cccc5oc6ccccc6c45)c4ccc(-c5cccc6c5oc5ccccc56)cc4c-3nc2c1. The minimum Gasteiger partial charge on any atom is -0.456 e. The molecule has 10 rings (SSSR count). The van der Waals surface area contributed by atoms with Crippen LogP contribution in [0.3, 0.4) is 0 Å². The highest BCUT2D eigenvalue weighted by Crippen LogP contribution is 2.43. The Morgan fingerprint density at radius 1 is 0.512 bits per heavy atom. The van der Waals surface area contributed by atoms with Gasteiger partial charge in [0.05, 0.1) is 27.8 Å². The molecule has 0 N–H and O–H groups in total. The highest BCUT2D eigenvalue weighted by atomic mass is 16.3. The zero-order valence-corrected chi connectivity index (χ0v) is 22.9. The fourth-order valence-corrected chi connectivity index (χ4v) is 6.88. The predicted octanol–water partition coefficient (Wildman–Crippen LogP) is 10.7. The number of fused-ring (bicyclic) bond motifs is 11. The van der Waals surface area contributed by atoms with E-state index in [4.69, 9.17) is 13.8 Å². The van der Waals surface area contributed by atoms with Gasteiger partial charge in [-0.1, -0.05) is 84.9 Å². The van der Waals surface area contributed by atoms with E-state index in [1.807, 2.05) is 30.3 Å². The second-order valence-corrected chi connectivity index (χ2v) is 11.2. The predicted molar refractivity (Wildman–Crippen MR) is 175 cm³/mol. The van der Waals surface area contributed by atoms with Crippen molar-refractivity contribution in [1.29, 1.82) is 0 Å². The molecule has 0 saturated carbocycles. The van der Waals surface area contributed by atoms with Gasteiger partial charge in [0, 0.05) is 44.3 Å². The topological polar surface area (TPSA) is 44.1 Å². The van der Waals surface area contributed by atoms with E-state index in [0.29, 0.717) is 0 Å². The molecule has 8 aromatic rings. The molecular weight excluding hydrogens is 528 g/mol. The third kappa shape index (κ3) is 3.12. The molecule has 0 amide bonds. The quantitative estimate of drug-likeness (QED) is 0.215. The molecule has 0 bridgehead atoms. The van der Waals surface area contributed by atoms with Crippen molar-refractivity contribution in [2.45, 2.75) is 0 Å². The lowest BCUT2D eigenvalue weighted by Crippen LogP contribution is -2.01. The van der Waals surface area contributed by atoms with Gasteiger partial charge in [0.15, 0.2) is 0 Å². The molecule has 0 unspecified atom stereocenters. The summed E-state index contributed by atoms with van der Waals surface area (Å²) < 4.78 is 15.0. The number of hydrogen-bond acceptors (Lipinski definition) is 3. The van der Waals surface area contributed by atoms with Crippen molar-refractivity contribution in [2.75, 3.05) is 0 Å². The normalized spacial score (nSPS) is 12.2. The van der Waals surface area contributed by atoms with E-state index >= 15 is 0 Å². The van der Waals surface area contributed by atoms with Gasteiger partial charge in [0.25, 0.3) is 0 Å².